The van der Waals surface area contributed by atoms with Crippen molar-refractivity contribution in [1.29, 1.82) is 0 Å². The molecule has 108 valence electrons. The van der Waals surface area contributed by atoms with Gasteiger partial charge in [-0.15, -0.1) is 0 Å². The molecule has 0 amide bonds. The fourth-order valence-corrected chi connectivity index (χ4v) is 2.07. The first-order valence-corrected chi connectivity index (χ1v) is 5.94. The van der Waals surface area contributed by atoms with Gasteiger partial charge in [0.15, 0.2) is 5.75 Å². The Morgan fingerprint density at radius 2 is 1.85 bits per heavy atom. The van der Waals surface area contributed by atoms with Crippen molar-refractivity contribution in [2.45, 2.75) is 6.18 Å². The van der Waals surface area contributed by atoms with E-state index in [0.29, 0.717) is 0 Å². The van der Waals surface area contributed by atoms with Crippen LogP contribution >= 0.6 is 11.6 Å². The van der Waals surface area contributed by atoms with Crippen LogP contribution in [0.3, 0.4) is 0 Å². The second kappa shape index (κ2) is 4.94. The molecule has 20 heavy (non-hydrogen) atoms. The number of furan rings is 1. The van der Waals surface area contributed by atoms with Crippen molar-refractivity contribution < 1.29 is 22.7 Å². The molecule has 0 fully saturated rings. The number of aromatic hydroxyl groups is 1. The minimum absolute atomic E-state index is 0.0693. The number of hydrogen-bond donors (Lipinski definition) is 1. The molecular formula is C13H11ClF3NO2. The second-order valence-corrected chi connectivity index (χ2v) is 4.86. The van der Waals surface area contributed by atoms with Crippen LogP contribution < -0.4 is 4.90 Å². The average molecular weight is 306 g/mol. The molecule has 0 unspecified atom stereocenters. The number of alkyl halides is 3. The zero-order chi connectivity index (χ0) is 15.1. The van der Waals surface area contributed by atoms with Crippen LogP contribution in [0.1, 0.15) is 5.56 Å². The topological polar surface area (TPSA) is 36.6 Å². The first-order valence-electron chi connectivity index (χ1n) is 5.56. The van der Waals surface area contributed by atoms with Crippen LogP contribution in [0.4, 0.5) is 19.1 Å². The van der Waals surface area contributed by atoms with Crippen LogP contribution in [0.25, 0.3) is 11.1 Å². The van der Waals surface area contributed by atoms with Crippen molar-refractivity contribution in [3.05, 3.63) is 35.0 Å². The maximum absolute atomic E-state index is 12.8. The SMILES string of the molecule is CN(C)c1occ(O)c1-c1cc(Cl)cc(C(F)(F)F)c1. The van der Waals surface area contributed by atoms with Crippen molar-refractivity contribution >= 4 is 17.5 Å². The largest absolute Gasteiger partial charge is 0.504 e. The first kappa shape index (κ1) is 14.6. The maximum Gasteiger partial charge on any atom is 0.416 e. The molecule has 0 atom stereocenters. The Hall–Kier alpha value is -1.82. The van der Waals surface area contributed by atoms with E-state index in [4.69, 9.17) is 16.0 Å². The van der Waals surface area contributed by atoms with E-state index in [9.17, 15) is 18.3 Å². The lowest BCUT2D eigenvalue weighted by atomic mass is 10.0. The molecular weight excluding hydrogens is 295 g/mol. The van der Waals surface area contributed by atoms with Crippen molar-refractivity contribution in [3.8, 4) is 16.9 Å². The molecule has 0 saturated carbocycles. The highest BCUT2D eigenvalue weighted by atomic mass is 35.5. The third-order valence-corrected chi connectivity index (χ3v) is 2.89. The highest BCUT2D eigenvalue weighted by Crippen LogP contribution is 2.42. The van der Waals surface area contributed by atoms with E-state index >= 15 is 0 Å². The standard InChI is InChI=1S/C13H11ClF3NO2/c1-18(2)12-11(10(19)6-20-12)7-3-8(13(15,16)17)5-9(14)4-7/h3-6,19H,1-2H3. The van der Waals surface area contributed by atoms with Crippen molar-refractivity contribution in [2.75, 3.05) is 19.0 Å². The highest BCUT2D eigenvalue weighted by molar-refractivity contribution is 6.31. The molecule has 0 bridgehead atoms. The van der Waals surface area contributed by atoms with Gasteiger partial charge < -0.3 is 14.4 Å². The molecule has 0 spiro atoms. The summed E-state index contributed by atoms with van der Waals surface area (Å²) in [5, 5.41) is 9.70. The molecule has 0 aliphatic heterocycles. The van der Waals surface area contributed by atoms with Gasteiger partial charge in [-0.05, 0) is 23.8 Å². The van der Waals surface area contributed by atoms with Gasteiger partial charge in [0.05, 0.1) is 11.1 Å². The van der Waals surface area contributed by atoms with Crippen molar-refractivity contribution in [1.82, 2.24) is 0 Å². The van der Waals surface area contributed by atoms with Crippen LogP contribution in [0.5, 0.6) is 5.75 Å². The van der Waals surface area contributed by atoms with Crippen LogP contribution in [-0.4, -0.2) is 19.2 Å². The molecule has 1 N–H and O–H groups in total. The molecule has 0 aliphatic rings. The number of halogens is 4. The van der Waals surface area contributed by atoms with Gasteiger partial charge in [0.1, 0.15) is 6.26 Å². The van der Waals surface area contributed by atoms with Crippen LogP contribution in [0.2, 0.25) is 5.02 Å². The molecule has 1 aromatic carbocycles. The molecule has 2 rings (SSSR count). The second-order valence-electron chi connectivity index (χ2n) is 4.42. The lowest BCUT2D eigenvalue weighted by molar-refractivity contribution is -0.137. The summed E-state index contributed by atoms with van der Waals surface area (Å²) in [6, 6.07) is 3.09. The normalized spacial score (nSPS) is 11.7. The van der Waals surface area contributed by atoms with Gasteiger partial charge in [0.25, 0.3) is 0 Å². The van der Waals surface area contributed by atoms with Gasteiger partial charge in [0.2, 0.25) is 5.88 Å². The van der Waals surface area contributed by atoms with Gasteiger partial charge >= 0.3 is 6.18 Å². The van der Waals surface area contributed by atoms with Crippen LogP contribution in [-0.2, 0) is 6.18 Å². The van der Waals surface area contributed by atoms with Crippen molar-refractivity contribution in [2.24, 2.45) is 0 Å². The summed E-state index contributed by atoms with van der Waals surface area (Å²) >= 11 is 5.73. The number of anilines is 1. The van der Waals surface area contributed by atoms with Gasteiger partial charge in [-0.1, -0.05) is 11.6 Å². The molecule has 3 nitrogen and oxygen atoms in total. The highest BCUT2D eigenvalue weighted by Gasteiger charge is 2.32. The zero-order valence-corrected chi connectivity index (χ0v) is 11.4. The molecule has 0 radical (unpaired) electrons. The number of benzene rings is 1. The predicted molar refractivity (Wildman–Crippen MR) is 70.1 cm³/mol. The third-order valence-electron chi connectivity index (χ3n) is 2.67. The monoisotopic (exact) mass is 305 g/mol. The summed E-state index contributed by atoms with van der Waals surface area (Å²) in [4.78, 5) is 1.54. The van der Waals surface area contributed by atoms with Crippen LogP contribution in [0, 0.1) is 0 Å². The Bertz CT molecular complexity index is 635. The van der Waals surface area contributed by atoms with Crippen LogP contribution in [0.15, 0.2) is 28.9 Å². The minimum atomic E-state index is -4.52. The summed E-state index contributed by atoms with van der Waals surface area (Å²) in [6.07, 6.45) is -3.45. The Balaban J connectivity index is 2.65. The van der Waals surface area contributed by atoms with Gasteiger partial charge in [-0.2, -0.15) is 13.2 Å². The summed E-state index contributed by atoms with van der Waals surface area (Å²) in [6.45, 7) is 0. The van der Waals surface area contributed by atoms with E-state index in [-0.39, 0.29) is 27.8 Å². The smallest absolute Gasteiger partial charge is 0.416 e. The molecule has 0 saturated heterocycles. The number of rotatable bonds is 2. The van der Waals surface area contributed by atoms with Crippen molar-refractivity contribution in [3.63, 3.8) is 0 Å². The molecule has 7 heteroatoms. The van der Waals surface area contributed by atoms with E-state index in [0.717, 1.165) is 18.4 Å². The first-order chi connectivity index (χ1) is 9.20. The van der Waals surface area contributed by atoms with Gasteiger partial charge in [0, 0.05) is 19.1 Å². The van der Waals surface area contributed by atoms with E-state index in [2.05, 4.69) is 0 Å². The van der Waals surface area contributed by atoms with Gasteiger partial charge in [-0.3, -0.25) is 0 Å². The van der Waals surface area contributed by atoms with E-state index < -0.39 is 11.7 Å². The predicted octanol–water partition coefficient (Wildman–Crippen LogP) is 4.39. The maximum atomic E-state index is 12.8. The Labute approximate surface area is 118 Å². The summed E-state index contributed by atoms with van der Waals surface area (Å²) in [7, 11) is 3.30. The lowest BCUT2D eigenvalue weighted by Crippen LogP contribution is -2.09. The Morgan fingerprint density at radius 1 is 1.20 bits per heavy atom. The minimum Gasteiger partial charge on any atom is -0.504 e. The zero-order valence-electron chi connectivity index (χ0n) is 10.6. The van der Waals surface area contributed by atoms with E-state index in [1.165, 1.54) is 6.07 Å². The molecule has 1 aromatic heterocycles. The summed E-state index contributed by atoms with van der Waals surface area (Å²) in [5.41, 5.74) is -0.576. The van der Waals surface area contributed by atoms with Gasteiger partial charge in [-0.25, -0.2) is 0 Å². The molecule has 2 aromatic rings. The van der Waals surface area contributed by atoms with E-state index in [1.807, 2.05) is 0 Å². The molecule has 0 aliphatic carbocycles. The lowest BCUT2D eigenvalue weighted by Gasteiger charge is -2.13. The number of nitrogens with zero attached hydrogens (tertiary/aromatic N) is 1. The summed E-state index contributed by atoms with van der Waals surface area (Å²) < 4.78 is 43.5. The quantitative estimate of drug-likeness (QED) is 0.894. The summed E-state index contributed by atoms with van der Waals surface area (Å²) in [5.74, 6) is 0.00184. The fraction of sp³-hybridized carbons (Fsp3) is 0.231. The third kappa shape index (κ3) is 2.70. The average Bonchev–Trinajstić information content (AvgIpc) is 2.69. The number of hydrogen-bond acceptors (Lipinski definition) is 3. The molecule has 1 heterocycles. The van der Waals surface area contributed by atoms with E-state index in [1.54, 1.807) is 19.0 Å². The fourth-order valence-electron chi connectivity index (χ4n) is 1.84. The Morgan fingerprint density at radius 3 is 2.40 bits per heavy atom. The Kier molecular flexibility index (Phi) is 3.60.